The number of anilines is 1. The van der Waals surface area contributed by atoms with Crippen LogP contribution in [0.4, 0.5) is 5.69 Å². The maximum atomic E-state index is 5.68. The third-order valence-electron chi connectivity index (χ3n) is 4.21. The van der Waals surface area contributed by atoms with Crippen LogP contribution >= 0.6 is 24.0 Å². The molecule has 23 heavy (non-hydrogen) atoms. The zero-order valence-corrected chi connectivity index (χ0v) is 15.0. The lowest BCUT2D eigenvalue weighted by Gasteiger charge is -2.37. The van der Waals surface area contributed by atoms with Gasteiger partial charge in [-0.2, -0.15) is 0 Å². The first-order chi connectivity index (χ1) is 11.2. The Kier molecular flexibility index (Phi) is 5.57. The lowest BCUT2D eigenvalue weighted by molar-refractivity contribution is 0.397. The Bertz CT molecular complexity index is 622. The van der Waals surface area contributed by atoms with Gasteiger partial charge in [-0.05, 0) is 24.6 Å². The quantitative estimate of drug-likeness (QED) is 0.753. The molecule has 0 N–H and O–H groups in total. The number of benzene rings is 2. The zero-order valence-electron chi connectivity index (χ0n) is 13.4. The second-order valence-corrected chi connectivity index (χ2v) is 7.72. The van der Waals surface area contributed by atoms with Crippen LogP contribution in [0.15, 0.2) is 60.7 Å². The number of thiocarbonyl (C=S) groups is 1. The molecule has 1 aliphatic heterocycles. The number of thioether (sulfide) groups is 1. The van der Waals surface area contributed by atoms with E-state index in [4.69, 9.17) is 12.2 Å². The monoisotopic (exact) mass is 342 g/mol. The van der Waals surface area contributed by atoms with Gasteiger partial charge in [0, 0.05) is 37.1 Å². The number of nitrogens with zero attached hydrogens (tertiary/aromatic N) is 2. The fraction of sp³-hybridized carbons (Fsp3) is 0.316. The molecule has 1 fully saturated rings. The van der Waals surface area contributed by atoms with Crippen LogP contribution in [0.1, 0.15) is 17.7 Å². The molecule has 2 aromatic carbocycles. The van der Waals surface area contributed by atoms with Gasteiger partial charge < -0.3 is 9.80 Å². The van der Waals surface area contributed by atoms with Crippen molar-refractivity contribution in [3.8, 4) is 0 Å². The van der Waals surface area contributed by atoms with Crippen LogP contribution in [-0.2, 0) is 0 Å². The van der Waals surface area contributed by atoms with Gasteiger partial charge >= 0.3 is 0 Å². The summed E-state index contributed by atoms with van der Waals surface area (Å²) in [6.45, 7) is 6.30. The lowest BCUT2D eigenvalue weighted by atomic mass is 10.2. The van der Waals surface area contributed by atoms with Gasteiger partial charge in [-0.1, -0.05) is 72.5 Å². The highest BCUT2D eigenvalue weighted by Gasteiger charge is 2.21. The fourth-order valence-electron chi connectivity index (χ4n) is 2.80. The zero-order chi connectivity index (χ0) is 16.1. The second-order valence-electron chi connectivity index (χ2n) is 5.75. The van der Waals surface area contributed by atoms with E-state index in [0.29, 0.717) is 5.25 Å². The molecule has 0 spiro atoms. The smallest absolute Gasteiger partial charge is 0.137 e. The molecule has 0 amide bonds. The van der Waals surface area contributed by atoms with Gasteiger partial charge in [0.2, 0.25) is 0 Å². The minimum Gasteiger partial charge on any atom is -0.368 e. The first-order valence-electron chi connectivity index (χ1n) is 8.04. The van der Waals surface area contributed by atoms with E-state index in [1.807, 2.05) is 0 Å². The molecule has 0 aliphatic carbocycles. The first kappa shape index (κ1) is 16.3. The van der Waals surface area contributed by atoms with Gasteiger partial charge in [-0.3, -0.25) is 0 Å². The highest BCUT2D eigenvalue weighted by molar-refractivity contribution is 8.23. The normalized spacial score (nSPS) is 16.2. The highest BCUT2D eigenvalue weighted by Crippen LogP contribution is 2.30. The van der Waals surface area contributed by atoms with Crippen molar-refractivity contribution >= 4 is 34.0 Å². The van der Waals surface area contributed by atoms with E-state index >= 15 is 0 Å². The lowest BCUT2D eigenvalue weighted by Crippen LogP contribution is -2.47. The SMILES string of the molecule is CC(SC(=S)N1CCN(c2ccccc2)CC1)c1ccccc1. The number of rotatable bonds is 3. The number of hydrogen-bond donors (Lipinski definition) is 0. The predicted molar refractivity (Wildman–Crippen MR) is 105 cm³/mol. The summed E-state index contributed by atoms with van der Waals surface area (Å²) in [7, 11) is 0. The van der Waals surface area contributed by atoms with E-state index in [1.165, 1.54) is 11.3 Å². The molecule has 1 atom stereocenters. The second kappa shape index (κ2) is 7.84. The minimum absolute atomic E-state index is 0.399. The highest BCUT2D eigenvalue weighted by atomic mass is 32.2. The molecule has 0 bridgehead atoms. The summed E-state index contributed by atoms with van der Waals surface area (Å²) in [6.07, 6.45) is 0. The Balaban J connectivity index is 1.52. The van der Waals surface area contributed by atoms with E-state index in [9.17, 15) is 0 Å². The number of para-hydroxylation sites is 1. The van der Waals surface area contributed by atoms with Crippen molar-refractivity contribution in [3.63, 3.8) is 0 Å². The van der Waals surface area contributed by atoms with Crippen molar-refractivity contribution in [2.45, 2.75) is 12.2 Å². The van der Waals surface area contributed by atoms with Crippen molar-refractivity contribution in [2.75, 3.05) is 31.1 Å². The summed E-state index contributed by atoms with van der Waals surface area (Å²) >= 11 is 7.47. The Morgan fingerprint density at radius 3 is 2.09 bits per heavy atom. The van der Waals surface area contributed by atoms with Crippen molar-refractivity contribution in [3.05, 3.63) is 66.2 Å². The molecule has 1 heterocycles. The van der Waals surface area contributed by atoms with Crippen LogP contribution < -0.4 is 4.90 Å². The van der Waals surface area contributed by atoms with Crippen molar-refractivity contribution < 1.29 is 0 Å². The van der Waals surface area contributed by atoms with Gasteiger partial charge in [0.25, 0.3) is 0 Å². The molecule has 0 saturated carbocycles. The van der Waals surface area contributed by atoms with Crippen molar-refractivity contribution in [2.24, 2.45) is 0 Å². The maximum absolute atomic E-state index is 5.68. The van der Waals surface area contributed by atoms with Crippen LogP contribution in [0, 0.1) is 0 Å². The van der Waals surface area contributed by atoms with E-state index in [0.717, 1.165) is 30.5 Å². The van der Waals surface area contributed by atoms with Gasteiger partial charge in [0.1, 0.15) is 4.32 Å². The van der Waals surface area contributed by atoms with Gasteiger partial charge in [0.15, 0.2) is 0 Å². The van der Waals surface area contributed by atoms with Crippen molar-refractivity contribution in [1.82, 2.24) is 4.90 Å². The van der Waals surface area contributed by atoms with Crippen LogP contribution in [0.2, 0.25) is 0 Å². The maximum Gasteiger partial charge on any atom is 0.137 e. The summed E-state index contributed by atoms with van der Waals surface area (Å²) in [4.78, 5) is 4.78. The molecule has 2 aromatic rings. The average Bonchev–Trinajstić information content (AvgIpc) is 2.63. The third kappa shape index (κ3) is 4.27. The summed E-state index contributed by atoms with van der Waals surface area (Å²) < 4.78 is 1.02. The molecule has 1 aliphatic rings. The molecule has 1 unspecified atom stereocenters. The average molecular weight is 343 g/mol. The number of piperazine rings is 1. The van der Waals surface area contributed by atoms with Crippen LogP contribution in [0.25, 0.3) is 0 Å². The van der Waals surface area contributed by atoms with Crippen LogP contribution in [0.5, 0.6) is 0 Å². The Morgan fingerprint density at radius 2 is 1.48 bits per heavy atom. The summed E-state index contributed by atoms with van der Waals surface area (Å²) in [5.41, 5.74) is 2.64. The summed E-state index contributed by atoms with van der Waals surface area (Å²) in [5, 5.41) is 0.399. The first-order valence-corrected chi connectivity index (χ1v) is 9.33. The molecule has 1 saturated heterocycles. The van der Waals surface area contributed by atoms with Gasteiger partial charge in [-0.15, -0.1) is 0 Å². The van der Waals surface area contributed by atoms with E-state index in [1.54, 1.807) is 11.8 Å². The van der Waals surface area contributed by atoms with E-state index < -0.39 is 0 Å². The Hall–Kier alpha value is -1.52. The fourth-order valence-corrected chi connectivity index (χ4v) is 4.35. The predicted octanol–water partition coefficient (Wildman–Crippen LogP) is 4.59. The molecule has 4 heteroatoms. The molecule has 120 valence electrons. The number of hydrogen-bond acceptors (Lipinski definition) is 3. The van der Waals surface area contributed by atoms with Gasteiger partial charge in [-0.25, -0.2) is 0 Å². The molecule has 0 aromatic heterocycles. The standard InChI is InChI=1S/C19H22N2S2/c1-16(17-8-4-2-5-9-17)23-19(22)21-14-12-20(13-15-21)18-10-6-3-7-11-18/h2-11,16H,12-15H2,1H3. The van der Waals surface area contributed by atoms with E-state index in [2.05, 4.69) is 77.4 Å². The molecule has 3 rings (SSSR count). The molecule has 0 radical (unpaired) electrons. The topological polar surface area (TPSA) is 6.48 Å². The van der Waals surface area contributed by atoms with E-state index in [-0.39, 0.29) is 0 Å². The summed E-state index contributed by atoms with van der Waals surface area (Å²) in [6, 6.07) is 21.2. The Labute approximate surface area is 148 Å². The largest absolute Gasteiger partial charge is 0.368 e. The molecular formula is C19H22N2S2. The van der Waals surface area contributed by atoms with Crippen LogP contribution in [0.3, 0.4) is 0 Å². The van der Waals surface area contributed by atoms with Crippen LogP contribution in [-0.4, -0.2) is 35.4 Å². The summed E-state index contributed by atoms with van der Waals surface area (Å²) in [5.74, 6) is 0. The Morgan fingerprint density at radius 1 is 0.913 bits per heavy atom. The van der Waals surface area contributed by atoms with Gasteiger partial charge in [0.05, 0.1) is 0 Å². The molecular weight excluding hydrogens is 320 g/mol. The minimum atomic E-state index is 0.399. The molecule has 2 nitrogen and oxygen atoms in total. The third-order valence-corrected chi connectivity index (χ3v) is 5.84. The van der Waals surface area contributed by atoms with Crippen molar-refractivity contribution in [1.29, 1.82) is 0 Å².